The predicted octanol–water partition coefficient (Wildman–Crippen LogP) is 3.62. The fraction of sp³-hybridized carbons (Fsp3) is 0.222. The Morgan fingerprint density at radius 1 is 1.44 bits per heavy atom. The maximum Gasteiger partial charge on any atom is 0.273 e. The van der Waals surface area contributed by atoms with Crippen LogP contribution in [0, 0.1) is 11.3 Å². The van der Waals surface area contributed by atoms with E-state index in [-0.39, 0.29) is 23.5 Å². The molecule has 0 saturated carbocycles. The van der Waals surface area contributed by atoms with Crippen molar-refractivity contribution in [3.63, 3.8) is 0 Å². The quantitative estimate of drug-likeness (QED) is 0.633. The van der Waals surface area contributed by atoms with Crippen LogP contribution in [0.1, 0.15) is 28.9 Å². The molecule has 0 spiro atoms. The highest BCUT2D eigenvalue weighted by atomic mass is 35.5. The number of benzene rings is 1. The monoisotopic (exact) mass is 403 g/mol. The van der Waals surface area contributed by atoms with Gasteiger partial charge in [0.2, 0.25) is 5.89 Å². The number of halogens is 2. The molecular weight excluding hydrogens is 389 g/mol. The summed E-state index contributed by atoms with van der Waals surface area (Å²) in [7, 11) is 0. The molecule has 0 radical (unpaired) electrons. The number of rotatable bonds is 6. The molecule has 0 aliphatic heterocycles. The average Bonchev–Trinajstić information content (AvgIpc) is 3.30. The van der Waals surface area contributed by atoms with Crippen molar-refractivity contribution in [1.82, 2.24) is 20.1 Å². The third-order valence-electron chi connectivity index (χ3n) is 3.76. The number of nitriles is 1. The van der Waals surface area contributed by atoms with E-state index in [2.05, 4.69) is 15.4 Å². The van der Waals surface area contributed by atoms with Gasteiger partial charge in [-0.3, -0.25) is 9.48 Å². The summed E-state index contributed by atoms with van der Waals surface area (Å²) in [4.78, 5) is 16.1. The van der Waals surface area contributed by atoms with Gasteiger partial charge >= 0.3 is 0 Å². The summed E-state index contributed by atoms with van der Waals surface area (Å²) < 4.78 is 6.78. The molecule has 3 rings (SSSR count). The van der Waals surface area contributed by atoms with E-state index in [1.807, 2.05) is 25.3 Å². The first-order valence-corrected chi connectivity index (χ1v) is 8.96. The molecule has 1 aromatic carbocycles. The SMILES string of the molecule is CC(Cn1ccc(-c2ccc(C#N)c(Cl)c2)n1)NC(=O)c1coc(CCl)n1. The minimum Gasteiger partial charge on any atom is -0.447 e. The van der Waals surface area contributed by atoms with Gasteiger partial charge in [-0.25, -0.2) is 4.98 Å². The largest absolute Gasteiger partial charge is 0.447 e. The highest BCUT2D eigenvalue weighted by Gasteiger charge is 2.15. The second kappa shape index (κ2) is 8.25. The molecule has 27 heavy (non-hydrogen) atoms. The Kier molecular flexibility index (Phi) is 5.79. The van der Waals surface area contributed by atoms with E-state index in [4.69, 9.17) is 32.9 Å². The molecule has 1 N–H and O–H groups in total. The summed E-state index contributed by atoms with van der Waals surface area (Å²) in [6.45, 7) is 2.33. The first-order valence-electron chi connectivity index (χ1n) is 8.05. The van der Waals surface area contributed by atoms with Crippen molar-refractivity contribution in [3.8, 4) is 17.3 Å². The fourth-order valence-corrected chi connectivity index (χ4v) is 2.83. The number of oxazole rings is 1. The number of carbonyl (C=O) groups is 1. The zero-order chi connectivity index (χ0) is 19.4. The Morgan fingerprint density at radius 2 is 2.26 bits per heavy atom. The van der Waals surface area contributed by atoms with Crippen LogP contribution in [0.3, 0.4) is 0 Å². The number of hydrogen-bond acceptors (Lipinski definition) is 5. The molecule has 1 unspecified atom stereocenters. The normalized spacial score (nSPS) is 11.8. The van der Waals surface area contributed by atoms with Crippen LogP contribution in [0.25, 0.3) is 11.3 Å². The number of alkyl halides is 1. The second-order valence-electron chi connectivity index (χ2n) is 5.86. The molecule has 2 heterocycles. The maximum atomic E-state index is 12.2. The third kappa shape index (κ3) is 4.48. The maximum absolute atomic E-state index is 12.2. The number of carbonyl (C=O) groups excluding carboxylic acids is 1. The molecule has 9 heteroatoms. The van der Waals surface area contributed by atoms with Gasteiger partial charge in [-0.2, -0.15) is 10.4 Å². The van der Waals surface area contributed by atoms with Gasteiger partial charge < -0.3 is 9.73 Å². The number of nitrogens with one attached hydrogen (secondary N) is 1. The van der Waals surface area contributed by atoms with E-state index in [9.17, 15) is 4.79 Å². The smallest absolute Gasteiger partial charge is 0.273 e. The van der Waals surface area contributed by atoms with Crippen molar-refractivity contribution < 1.29 is 9.21 Å². The molecule has 0 aliphatic rings. The molecule has 0 fully saturated rings. The third-order valence-corrected chi connectivity index (χ3v) is 4.30. The summed E-state index contributed by atoms with van der Waals surface area (Å²) >= 11 is 11.7. The number of hydrogen-bond donors (Lipinski definition) is 1. The lowest BCUT2D eigenvalue weighted by molar-refractivity contribution is 0.0931. The van der Waals surface area contributed by atoms with E-state index in [0.29, 0.717) is 23.0 Å². The average molecular weight is 404 g/mol. The molecule has 0 saturated heterocycles. The van der Waals surface area contributed by atoms with Crippen molar-refractivity contribution in [2.24, 2.45) is 0 Å². The lowest BCUT2D eigenvalue weighted by Gasteiger charge is -2.12. The van der Waals surface area contributed by atoms with E-state index in [1.165, 1.54) is 6.26 Å². The first kappa shape index (κ1) is 19.0. The van der Waals surface area contributed by atoms with E-state index >= 15 is 0 Å². The van der Waals surface area contributed by atoms with Gasteiger partial charge in [0.1, 0.15) is 12.3 Å². The Balaban J connectivity index is 1.64. The van der Waals surface area contributed by atoms with E-state index in [0.717, 1.165) is 11.3 Å². The molecular formula is C18H15Cl2N5O2. The number of nitrogens with zero attached hydrogens (tertiary/aromatic N) is 4. The molecule has 2 aromatic heterocycles. The molecule has 7 nitrogen and oxygen atoms in total. The lowest BCUT2D eigenvalue weighted by atomic mass is 10.1. The molecule has 138 valence electrons. The van der Waals surface area contributed by atoms with Crippen LogP contribution in [0.5, 0.6) is 0 Å². The van der Waals surface area contributed by atoms with Crippen LogP contribution in [-0.4, -0.2) is 26.7 Å². The van der Waals surface area contributed by atoms with Gasteiger partial charge in [0.25, 0.3) is 5.91 Å². The van der Waals surface area contributed by atoms with E-state index < -0.39 is 0 Å². The standard InChI is InChI=1S/C18H15Cl2N5O2/c1-11(22-18(26)16-10-27-17(7-19)23-16)9-25-5-4-15(24-25)12-2-3-13(8-21)14(20)6-12/h2-6,10-11H,7,9H2,1H3,(H,22,26). The van der Waals surface area contributed by atoms with Crippen LogP contribution in [0.2, 0.25) is 5.02 Å². The van der Waals surface area contributed by atoms with Gasteiger partial charge in [0, 0.05) is 17.8 Å². The van der Waals surface area contributed by atoms with Crippen molar-refractivity contribution in [3.05, 3.63) is 58.9 Å². The molecule has 3 aromatic rings. The second-order valence-corrected chi connectivity index (χ2v) is 6.54. The topological polar surface area (TPSA) is 96.7 Å². The summed E-state index contributed by atoms with van der Waals surface area (Å²) in [5.41, 5.74) is 2.14. The summed E-state index contributed by atoms with van der Waals surface area (Å²) in [5, 5.41) is 16.7. The Labute approximate surface area is 165 Å². The van der Waals surface area contributed by atoms with Crippen LogP contribution in [-0.2, 0) is 12.4 Å². The van der Waals surface area contributed by atoms with Gasteiger partial charge in [0.05, 0.1) is 28.7 Å². The Morgan fingerprint density at radius 3 is 2.93 bits per heavy atom. The van der Waals surface area contributed by atoms with Crippen LogP contribution >= 0.6 is 23.2 Å². The van der Waals surface area contributed by atoms with Crippen molar-refractivity contribution in [2.45, 2.75) is 25.4 Å². The van der Waals surface area contributed by atoms with Gasteiger partial charge in [0.15, 0.2) is 5.69 Å². The Hall–Kier alpha value is -2.82. The summed E-state index contributed by atoms with van der Waals surface area (Å²) in [6.07, 6.45) is 3.09. The highest BCUT2D eigenvalue weighted by Crippen LogP contribution is 2.24. The van der Waals surface area contributed by atoms with E-state index in [1.54, 1.807) is 22.9 Å². The lowest BCUT2D eigenvalue weighted by Crippen LogP contribution is -2.36. The minimum atomic E-state index is -0.339. The predicted molar refractivity (Wildman–Crippen MR) is 100 cm³/mol. The first-order chi connectivity index (χ1) is 13.0. The van der Waals surface area contributed by atoms with Crippen molar-refractivity contribution in [2.75, 3.05) is 0 Å². The summed E-state index contributed by atoms with van der Waals surface area (Å²) in [6, 6.07) is 8.84. The fourth-order valence-electron chi connectivity index (χ4n) is 2.48. The van der Waals surface area contributed by atoms with Gasteiger partial charge in [-0.05, 0) is 25.1 Å². The van der Waals surface area contributed by atoms with Crippen LogP contribution in [0.15, 0.2) is 41.1 Å². The summed E-state index contributed by atoms with van der Waals surface area (Å²) in [5.74, 6) is 0.0688. The number of amides is 1. The zero-order valence-corrected chi connectivity index (χ0v) is 15.8. The molecule has 1 amide bonds. The zero-order valence-electron chi connectivity index (χ0n) is 14.3. The van der Waals surface area contributed by atoms with Crippen LogP contribution in [0.4, 0.5) is 0 Å². The number of aromatic nitrogens is 3. The van der Waals surface area contributed by atoms with Crippen LogP contribution < -0.4 is 5.32 Å². The van der Waals surface area contributed by atoms with Crippen molar-refractivity contribution in [1.29, 1.82) is 5.26 Å². The molecule has 1 atom stereocenters. The highest BCUT2D eigenvalue weighted by molar-refractivity contribution is 6.32. The van der Waals surface area contributed by atoms with Gasteiger partial charge in [-0.1, -0.05) is 17.7 Å². The molecule has 0 bridgehead atoms. The Bertz CT molecular complexity index is 1010. The van der Waals surface area contributed by atoms with Gasteiger partial charge in [-0.15, -0.1) is 11.6 Å². The molecule has 0 aliphatic carbocycles. The van der Waals surface area contributed by atoms with Crippen molar-refractivity contribution >= 4 is 29.1 Å². The minimum absolute atomic E-state index is 0.109.